The first kappa shape index (κ1) is 30.6. The van der Waals surface area contributed by atoms with E-state index in [9.17, 15) is 14.7 Å². The predicted octanol–water partition coefficient (Wildman–Crippen LogP) is 5.27. The van der Waals surface area contributed by atoms with Crippen LogP contribution < -0.4 is 5.32 Å². The topological polar surface area (TPSA) is 103 Å². The molecule has 2 aliphatic rings. The van der Waals surface area contributed by atoms with Crippen LogP contribution in [0.4, 0.5) is 4.79 Å². The Kier molecular flexibility index (Phi) is 12.7. The molecular formula is C28H49NO7. The Bertz CT molecular complexity index is 697. The fourth-order valence-electron chi connectivity index (χ4n) is 5.34. The van der Waals surface area contributed by atoms with Crippen LogP contribution in [0.15, 0.2) is 12.2 Å². The Morgan fingerprint density at radius 3 is 2.44 bits per heavy atom. The van der Waals surface area contributed by atoms with Gasteiger partial charge in [-0.25, -0.2) is 4.79 Å². The van der Waals surface area contributed by atoms with Gasteiger partial charge in [0.2, 0.25) is 0 Å². The highest BCUT2D eigenvalue weighted by molar-refractivity contribution is 5.69. The molecule has 2 rings (SSSR count). The molecule has 1 aliphatic carbocycles. The van der Waals surface area contributed by atoms with Crippen molar-refractivity contribution >= 4 is 12.1 Å². The van der Waals surface area contributed by atoms with Crippen LogP contribution in [0.1, 0.15) is 98.3 Å². The number of unbranched alkanes of at least 4 members (excludes halogenated alkanes) is 3. The molecule has 0 aromatic heterocycles. The molecule has 0 bridgehead atoms. The van der Waals surface area contributed by atoms with Crippen molar-refractivity contribution in [2.24, 2.45) is 11.8 Å². The van der Waals surface area contributed by atoms with Crippen molar-refractivity contribution in [3.63, 3.8) is 0 Å². The van der Waals surface area contributed by atoms with Gasteiger partial charge in [0.1, 0.15) is 5.60 Å². The number of carbonyl (C=O) groups excluding carboxylic acids is 2. The summed E-state index contributed by atoms with van der Waals surface area (Å²) in [6, 6.07) is -0.179. The summed E-state index contributed by atoms with van der Waals surface area (Å²) in [7, 11) is 1.40. The van der Waals surface area contributed by atoms with Gasteiger partial charge in [-0.1, -0.05) is 31.9 Å². The number of methoxy groups -OCH3 is 1. The normalized spacial score (nSPS) is 25.8. The number of aliphatic hydroxyl groups excluding tert-OH is 1. The standard InChI is InChI=1S/C28H49NO7/c1-6-7-12-16-28(34-18-19-35-28)17-15-21-22(13-10-8-9-11-14-25(31)33-5)24(30)20-23(21)29-26(32)36-27(2,3)4/h8,10,21-24,30H,6-7,9,11-20H2,1-5H3,(H,29,32)/t21-,22-,23-,24+/m1/s1. The molecule has 1 amide bonds. The number of ether oxygens (including phenoxy) is 4. The second-order valence-electron chi connectivity index (χ2n) is 11.2. The van der Waals surface area contributed by atoms with Crippen LogP contribution in [0.3, 0.4) is 0 Å². The Hall–Kier alpha value is -1.64. The van der Waals surface area contributed by atoms with E-state index in [1.807, 2.05) is 20.8 Å². The molecule has 2 N–H and O–H groups in total. The second kappa shape index (κ2) is 14.9. The number of amides is 1. The maximum absolute atomic E-state index is 12.6. The Morgan fingerprint density at radius 2 is 1.81 bits per heavy atom. The van der Waals surface area contributed by atoms with E-state index in [-0.39, 0.29) is 23.8 Å². The Morgan fingerprint density at radius 1 is 1.08 bits per heavy atom. The van der Waals surface area contributed by atoms with E-state index < -0.39 is 23.6 Å². The number of nitrogens with one attached hydrogen (secondary N) is 1. The lowest BCUT2D eigenvalue weighted by Gasteiger charge is -2.32. The zero-order valence-electron chi connectivity index (χ0n) is 23.1. The van der Waals surface area contributed by atoms with E-state index in [4.69, 9.17) is 14.2 Å². The van der Waals surface area contributed by atoms with Gasteiger partial charge in [-0.2, -0.15) is 0 Å². The van der Waals surface area contributed by atoms with E-state index in [0.29, 0.717) is 32.5 Å². The Balaban J connectivity index is 2.04. The smallest absolute Gasteiger partial charge is 0.407 e. The minimum absolute atomic E-state index is 0.0101. The van der Waals surface area contributed by atoms with E-state index >= 15 is 0 Å². The van der Waals surface area contributed by atoms with Crippen LogP contribution in [0.25, 0.3) is 0 Å². The van der Waals surface area contributed by atoms with E-state index in [1.165, 1.54) is 7.11 Å². The molecular weight excluding hydrogens is 462 g/mol. The number of hydrogen-bond donors (Lipinski definition) is 2. The average molecular weight is 512 g/mol. The van der Waals surface area contributed by atoms with Gasteiger partial charge in [-0.15, -0.1) is 0 Å². The van der Waals surface area contributed by atoms with Gasteiger partial charge in [-0.05, 0) is 71.1 Å². The number of carbonyl (C=O) groups is 2. The second-order valence-corrected chi connectivity index (χ2v) is 11.2. The minimum Gasteiger partial charge on any atom is -0.469 e. The number of rotatable bonds is 14. The van der Waals surface area contributed by atoms with Gasteiger partial charge in [0.05, 0.1) is 26.4 Å². The molecule has 1 heterocycles. The zero-order valence-corrected chi connectivity index (χ0v) is 23.1. The molecule has 8 nitrogen and oxygen atoms in total. The SMILES string of the molecule is CCCCCC1(CC[C@@H]2[C@@H](CC=CCCCC(=O)OC)[C@@H](O)C[C@H]2NC(=O)OC(C)(C)C)OCCO1. The number of allylic oxidation sites excluding steroid dienone is 2. The van der Waals surface area contributed by atoms with Crippen LogP contribution in [-0.4, -0.2) is 61.0 Å². The number of esters is 1. The van der Waals surface area contributed by atoms with Crippen molar-refractivity contribution in [2.75, 3.05) is 20.3 Å². The van der Waals surface area contributed by atoms with Gasteiger partial charge in [0.25, 0.3) is 0 Å². The van der Waals surface area contributed by atoms with Crippen LogP contribution in [0.2, 0.25) is 0 Å². The highest BCUT2D eigenvalue weighted by Crippen LogP contribution is 2.41. The fourth-order valence-corrected chi connectivity index (χ4v) is 5.34. The van der Waals surface area contributed by atoms with E-state index in [0.717, 1.165) is 51.4 Å². The molecule has 0 radical (unpaired) electrons. The van der Waals surface area contributed by atoms with Gasteiger partial charge in [0, 0.05) is 25.3 Å². The van der Waals surface area contributed by atoms with Crippen molar-refractivity contribution < 1.29 is 33.6 Å². The molecule has 2 fully saturated rings. The average Bonchev–Trinajstić information content (AvgIpc) is 3.38. The maximum Gasteiger partial charge on any atom is 0.407 e. The van der Waals surface area contributed by atoms with E-state index in [1.54, 1.807) is 0 Å². The molecule has 0 spiro atoms. The van der Waals surface area contributed by atoms with Crippen LogP contribution in [0.5, 0.6) is 0 Å². The van der Waals surface area contributed by atoms with Crippen molar-refractivity contribution in [3.8, 4) is 0 Å². The number of hydrogen-bond acceptors (Lipinski definition) is 7. The molecule has 36 heavy (non-hydrogen) atoms. The first-order valence-electron chi connectivity index (χ1n) is 13.8. The fraction of sp³-hybridized carbons (Fsp3) is 0.857. The first-order chi connectivity index (χ1) is 17.1. The molecule has 0 aromatic rings. The monoisotopic (exact) mass is 511 g/mol. The molecule has 0 aromatic carbocycles. The molecule has 0 unspecified atom stereocenters. The van der Waals surface area contributed by atoms with Crippen LogP contribution >= 0.6 is 0 Å². The molecule has 1 saturated carbocycles. The third-order valence-electron chi connectivity index (χ3n) is 7.15. The van der Waals surface area contributed by atoms with Crippen molar-refractivity contribution in [2.45, 2.75) is 122 Å². The quantitative estimate of drug-likeness (QED) is 0.186. The lowest BCUT2D eigenvalue weighted by Crippen LogP contribution is -2.42. The van der Waals surface area contributed by atoms with Crippen LogP contribution in [0, 0.1) is 11.8 Å². The minimum atomic E-state index is -0.585. The summed E-state index contributed by atoms with van der Waals surface area (Å²) in [5.74, 6) is -0.679. The summed E-state index contributed by atoms with van der Waals surface area (Å²) < 4.78 is 22.4. The van der Waals surface area contributed by atoms with Gasteiger partial charge < -0.3 is 29.4 Å². The van der Waals surface area contributed by atoms with Gasteiger partial charge >= 0.3 is 12.1 Å². The highest BCUT2D eigenvalue weighted by Gasteiger charge is 2.45. The van der Waals surface area contributed by atoms with E-state index in [2.05, 4.69) is 29.1 Å². The largest absolute Gasteiger partial charge is 0.469 e. The third-order valence-corrected chi connectivity index (χ3v) is 7.15. The maximum atomic E-state index is 12.6. The lowest BCUT2D eigenvalue weighted by molar-refractivity contribution is -0.171. The first-order valence-corrected chi connectivity index (χ1v) is 13.8. The number of aliphatic hydroxyl groups is 1. The third kappa shape index (κ3) is 10.4. The van der Waals surface area contributed by atoms with Crippen molar-refractivity contribution in [1.29, 1.82) is 0 Å². The van der Waals surface area contributed by atoms with Crippen molar-refractivity contribution in [1.82, 2.24) is 5.32 Å². The Labute approximate surface area is 217 Å². The molecule has 4 atom stereocenters. The summed E-state index contributed by atoms with van der Waals surface area (Å²) in [6.45, 7) is 8.93. The summed E-state index contributed by atoms with van der Waals surface area (Å²) in [4.78, 5) is 23.9. The summed E-state index contributed by atoms with van der Waals surface area (Å²) in [5.41, 5.74) is -0.585. The molecule has 8 heteroatoms. The number of alkyl carbamates (subject to hydrolysis) is 1. The summed E-state index contributed by atoms with van der Waals surface area (Å²) >= 11 is 0. The van der Waals surface area contributed by atoms with Gasteiger partial charge in [0.15, 0.2) is 5.79 Å². The lowest BCUT2D eigenvalue weighted by atomic mass is 9.84. The van der Waals surface area contributed by atoms with Crippen LogP contribution in [-0.2, 0) is 23.7 Å². The summed E-state index contributed by atoms with van der Waals surface area (Å²) in [5, 5.41) is 14.0. The van der Waals surface area contributed by atoms with Crippen molar-refractivity contribution in [3.05, 3.63) is 12.2 Å². The highest BCUT2D eigenvalue weighted by atomic mass is 16.7. The molecule has 208 valence electrons. The molecule has 1 aliphatic heterocycles. The molecule has 1 saturated heterocycles. The summed E-state index contributed by atoms with van der Waals surface area (Å²) in [6.07, 6.45) is 12.0. The zero-order chi connectivity index (χ0) is 26.6. The predicted molar refractivity (Wildman–Crippen MR) is 138 cm³/mol. The van der Waals surface area contributed by atoms with Gasteiger partial charge in [-0.3, -0.25) is 4.79 Å².